The van der Waals surface area contributed by atoms with Crippen LogP contribution in [0.4, 0.5) is 4.79 Å². The second-order valence-electron chi connectivity index (χ2n) is 1.99. The number of carbonyl (C=O) groups excluding carboxylic acids is 1. The number of hydrogen-bond acceptors (Lipinski definition) is 4. The van der Waals surface area contributed by atoms with E-state index in [-0.39, 0.29) is 6.61 Å². The summed E-state index contributed by atoms with van der Waals surface area (Å²) in [5.74, 6) is 0. The molecular weight excluding hydrogens is 160 g/mol. The fraction of sp³-hybridized carbons (Fsp3) is 0.286. The Morgan fingerprint density at radius 2 is 2.50 bits per heavy atom. The molecule has 0 saturated heterocycles. The highest BCUT2D eigenvalue weighted by Gasteiger charge is 2.05. The molecule has 0 aromatic carbocycles. The van der Waals surface area contributed by atoms with Gasteiger partial charge in [-0.25, -0.2) is 14.3 Å². The van der Waals surface area contributed by atoms with Crippen LogP contribution in [0.2, 0.25) is 0 Å². The predicted octanol–water partition coefficient (Wildman–Crippen LogP) is 0.248. The molecule has 1 aromatic rings. The van der Waals surface area contributed by atoms with Gasteiger partial charge >= 0.3 is 6.09 Å². The molecule has 0 aliphatic carbocycles. The van der Waals surface area contributed by atoms with Gasteiger partial charge in [0.15, 0.2) is 0 Å². The van der Waals surface area contributed by atoms with E-state index in [2.05, 4.69) is 9.72 Å². The van der Waals surface area contributed by atoms with Gasteiger partial charge in [-0.1, -0.05) is 0 Å². The maximum atomic E-state index is 11.0. The summed E-state index contributed by atoms with van der Waals surface area (Å²) >= 11 is 0. The molecule has 0 aliphatic rings. The Kier molecular flexibility index (Phi) is 2.57. The van der Waals surface area contributed by atoms with Crippen LogP contribution in [0.25, 0.3) is 0 Å². The molecule has 5 heteroatoms. The lowest BCUT2D eigenvalue weighted by atomic mass is 10.6. The van der Waals surface area contributed by atoms with Gasteiger partial charge in [0.05, 0.1) is 6.61 Å². The van der Waals surface area contributed by atoms with E-state index in [1.165, 1.54) is 12.3 Å². The first-order valence-corrected chi connectivity index (χ1v) is 3.45. The highest BCUT2D eigenvalue weighted by molar-refractivity contribution is 5.69. The summed E-state index contributed by atoms with van der Waals surface area (Å²) < 4.78 is 5.40. The average molecular weight is 168 g/mol. The summed E-state index contributed by atoms with van der Waals surface area (Å²) in [4.78, 5) is 25.5. The van der Waals surface area contributed by atoms with Crippen LogP contribution in [0.5, 0.6) is 0 Å². The van der Waals surface area contributed by atoms with Crippen molar-refractivity contribution in [1.82, 2.24) is 9.55 Å². The van der Waals surface area contributed by atoms with Crippen molar-refractivity contribution in [3.8, 4) is 0 Å². The molecule has 64 valence electrons. The van der Waals surface area contributed by atoms with E-state index < -0.39 is 11.7 Å². The molecule has 0 amide bonds. The van der Waals surface area contributed by atoms with Gasteiger partial charge in [0.2, 0.25) is 0 Å². The third-order valence-corrected chi connectivity index (χ3v) is 1.19. The molecule has 1 rings (SSSR count). The number of rotatable bonds is 1. The molecule has 0 atom stereocenters. The van der Waals surface area contributed by atoms with Gasteiger partial charge in [-0.15, -0.1) is 0 Å². The zero-order chi connectivity index (χ0) is 8.97. The lowest BCUT2D eigenvalue weighted by Crippen LogP contribution is -2.26. The Balaban J connectivity index is 2.95. The molecule has 12 heavy (non-hydrogen) atoms. The lowest BCUT2D eigenvalue weighted by molar-refractivity contribution is 0.152. The van der Waals surface area contributed by atoms with Crippen LogP contribution in [-0.4, -0.2) is 22.3 Å². The highest BCUT2D eigenvalue weighted by Crippen LogP contribution is 1.83. The van der Waals surface area contributed by atoms with E-state index in [4.69, 9.17) is 0 Å². The van der Waals surface area contributed by atoms with Crippen LogP contribution < -0.4 is 5.56 Å². The first kappa shape index (κ1) is 8.45. The van der Waals surface area contributed by atoms with E-state index in [9.17, 15) is 9.59 Å². The number of ether oxygens (including phenoxy) is 1. The second-order valence-corrected chi connectivity index (χ2v) is 1.99. The highest BCUT2D eigenvalue weighted by atomic mass is 16.5. The van der Waals surface area contributed by atoms with Crippen molar-refractivity contribution in [3.05, 3.63) is 28.9 Å². The quantitative estimate of drug-likeness (QED) is 0.603. The molecule has 0 spiro atoms. The Bertz CT molecular complexity index is 331. The minimum Gasteiger partial charge on any atom is -0.449 e. The summed E-state index contributed by atoms with van der Waals surface area (Å²) in [7, 11) is 0. The van der Waals surface area contributed by atoms with Crippen LogP contribution in [0.15, 0.2) is 23.4 Å². The van der Waals surface area contributed by atoms with E-state index in [0.29, 0.717) is 0 Å². The first-order valence-electron chi connectivity index (χ1n) is 3.45. The Morgan fingerprint density at radius 3 is 3.08 bits per heavy atom. The van der Waals surface area contributed by atoms with Crippen molar-refractivity contribution >= 4 is 6.09 Å². The normalized spacial score (nSPS) is 9.42. The number of hydrogen-bond donors (Lipinski definition) is 0. The Morgan fingerprint density at radius 1 is 1.75 bits per heavy atom. The molecule has 0 fully saturated rings. The Labute approximate surface area is 68.6 Å². The van der Waals surface area contributed by atoms with E-state index >= 15 is 0 Å². The van der Waals surface area contributed by atoms with Gasteiger partial charge in [-0.3, -0.25) is 4.79 Å². The molecule has 5 nitrogen and oxygen atoms in total. The maximum Gasteiger partial charge on any atom is 0.422 e. The van der Waals surface area contributed by atoms with Crippen molar-refractivity contribution in [3.63, 3.8) is 0 Å². The van der Waals surface area contributed by atoms with Crippen LogP contribution in [0.1, 0.15) is 6.92 Å². The molecular formula is C7H8N2O3. The van der Waals surface area contributed by atoms with E-state index in [1.807, 2.05) is 0 Å². The minimum atomic E-state index is -0.699. The maximum absolute atomic E-state index is 11.0. The van der Waals surface area contributed by atoms with Crippen molar-refractivity contribution in [2.24, 2.45) is 0 Å². The second kappa shape index (κ2) is 3.66. The molecule has 0 N–H and O–H groups in total. The molecule has 0 radical (unpaired) electrons. The van der Waals surface area contributed by atoms with Crippen molar-refractivity contribution < 1.29 is 9.53 Å². The summed E-state index contributed by atoms with van der Waals surface area (Å²) in [6.07, 6.45) is 1.74. The van der Waals surface area contributed by atoms with Crippen molar-refractivity contribution in [1.29, 1.82) is 0 Å². The molecule has 1 heterocycles. The van der Waals surface area contributed by atoms with Gasteiger partial charge in [-0.05, 0) is 6.92 Å². The summed E-state index contributed by atoms with van der Waals surface area (Å²) in [6, 6.07) is 1.19. The molecule has 0 aliphatic heterocycles. The fourth-order valence-corrected chi connectivity index (χ4v) is 0.679. The number of carbonyl (C=O) groups is 1. The first-order chi connectivity index (χ1) is 5.75. The zero-order valence-electron chi connectivity index (χ0n) is 6.56. The van der Waals surface area contributed by atoms with Crippen molar-refractivity contribution in [2.75, 3.05) is 6.61 Å². The third kappa shape index (κ3) is 1.69. The molecule has 0 bridgehead atoms. The summed E-state index contributed by atoms with van der Waals surface area (Å²) in [5.41, 5.74) is -0.441. The van der Waals surface area contributed by atoms with Gasteiger partial charge < -0.3 is 4.74 Å². The molecule has 0 saturated carbocycles. The predicted molar refractivity (Wildman–Crippen MR) is 40.9 cm³/mol. The third-order valence-electron chi connectivity index (χ3n) is 1.19. The monoisotopic (exact) mass is 168 g/mol. The smallest absolute Gasteiger partial charge is 0.422 e. The number of aromatic nitrogens is 2. The SMILES string of the molecule is CCOC(=O)n1cnccc1=O. The molecule has 0 unspecified atom stereocenters. The Hall–Kier alpha value is -1.65. The van der Waals surface area contributed by atoms with Crippen LogP contribution in [-0.2, 0) is 4.74 Å². The van der Waals surface area contributed by atoms with Crippen molar-refractivity contribution in [2.45, 2.75) is 6.92 Å². The van der Waals surface area contributed by atoms with Crippen LogP contribution >= 0.6 is 0 Å². The van der Waals surface area contributed by atoms with Crippen LogP contribution in [0, 0.1) is 0 Å². The molecule has 1 aromatic heterocycles. The zero-order valence-corrected chi connectivity index (χ0v) is 6.56. The largest absolute Gasteiger partial charge is 0.449 e. The van der Waals surface area contributed by atoms with Gasteiger partial charge in [0, 0.05) is 12.3 Å². The topological polar surface area (TPSA) is 61.2 Å². The van der Waals surface area contributed by atoms with Crippen LogP contribution in [0.3, 0.4) is 0 Å². The average Bonchev–Trinajstić information content (AvgIpc) is 2.05. The summed E-state index contributed by atoms with van der Waals surface area (Å²) in [6.45, 7) is 1.90. The summed E-state index contributed by atoms with van der Waals surface area (Å²) in [5, 5.41) is 0. The lowest BCUT2D eigenvalue weighted by Gasteiger charge is -2.01. The van der Waals surface area contributed by atoms with E-state index in [1.54, 1.807) is 6.92 Å². The van der Waals surface area contributed by atoms with Gasteiger partial charge in [0.25, 0.3) is 5.56 Å². The van der Waals surface area contributed by atoms with Gasteiger partial charge in [0.1, 0.15) is 6.33 Å². The number of nitrogens with zero attached hydrogens (tertiary/aromatic N) is 2. The standard InChI is InChI=1S/C7H8N2O3/c1-2-12-7(11)9-5-8-4-3-6(9)10/h3-5H,2H2,1H3. The minimum absolute atomic E-state index is 0.236. The fourth-order valence-electron chi connectivity index (χ4n) is 0.679. The van der Waals surface area contributed by atoms with Gasteiger partial charge in [-0.2, -0.15) is 0 Å². The van der Waals surface area contributed by atoms with E-state index in [0.717, 1.165) is 10.9 Å².